The Labute approximate surface area is 247 Å². The molecule has 10 heteroatoms. The van der Waals surface area contributed by atoms with E-state index >= 15 is 0 Å². The van der Waals surface area contributed by atoms with Gasteiger partial charge in [0.25, 0.3) is 5.91 Å². The van der Waals surface area contributed by atoms with Gasteiger partial charge in [0.2, 0.25) is 5.91 Å². The largest absolute Gasteiger partial charge is 0.462 e. The number of amides is 2. The summed E-state index contributed by atoms with van der Waals surface area (Å²) in [5.41, 5.74) is 3.48. The molecule has 3 N–H and O–H groups in total. The number of rotatable bonds is 9. The van der Waals surface area contributed by atoms with Gasteiger partial charge < -0.3 is 20.7 Å². The van der Waals surface area contributed by atoms with Crippen molar-refractivity contribution in [1.29, 1.82) is 5.26 Å². The lowest BCUT2D eigenvalue weighted by atomic mass is 9.82. The number of dihydropyridines is 1. The molecule has 41 heavy (non-hydrogen) atoms. The molecule has 0 aromatic heterocycles. The van der Waals surface area contributed by atoms with Gasteiger partial charge in [0.1, 0.15) is 0 Å². The number of carbonyl (C=O) groups excluding carboxylic acids is 3. The van der Waals surface area contributed by atoms with Crippen LogP contribution < -0.4 is 16.0 Å². The van der Waals surface area contributed by atoms with Crippen molar-refractivity contribution >= 4 is 52.5 Å². The third-order valence-corrected chi connectivity index (χ3v) is 7.42. The maximum Gasteiger partial charge on any atom is 0.338 e. The Morgan fingerprint density at radius 1 is 0.976 bits per heavy atom. The maximum absolute atomic E-state index is 13.6. The molecular formula is C31H27ClN4O4S. The molecule has 1 heterocycles. The number of anilines is 2. The Kier molecular flexibility index (Phi) is 9.85. The van der Waals surface area contributed by atoms with Gasteiger partial charge in [-0.05, 0) is 67.9 Å². The Balaban J connectivity index is 1.57. The fourth-order valence-electron chi connectivity index (χ4n) is 4.28. The maximum atomic E-state index is 13.6. The molecule has 2 amide bonds. The van der Waals surface area contributed by atoms with E-state index in [9.17, 15) is 19.6 Å². The first-order valence-corrected chi connectivity index (χ1v) is 14.1. The molecule has 0 saturated heterocycles. The SMILES string of the molecule is CCOC(=O)c1ccc(NC(=O)C2=C(C)NC(SCC(=O)Nc3ccc(Cl)cc3)=C(C#N)[C@H]2c2ccccc2)cc1. The minimum absolute atomic E-state index is 0.0409. The quantitative estimate of drug-likeness (QED) is 0.254. The summed E-state index contributed by atoms with van der Waals surface area (Å²) in [5.74, 6) is -1.72. The first-order chi connectivity index (χ1) is 19.8. The molecule has 0 saturated carbocycles. The van der Waals surface area contributed by atoms with Gasteiger partial charge in [-0.1, -0.05) is 53.7 Å². The fraction of sp³-hybridized carbons (Fsp3) is 0.161. The number of nitrogens with one attached hydrogen (secondary N) is 3. The second-order valence-corrected chi connectivity index (χ2v) is 10.4. The van der Waals surface area contributed by atoms with Crippen LogP contribution in [0.15, 0.2) is 101 Å². The fourth-order valence-corrected chi connectivity index (χ4v) is 5.29. The lowest BCUT2D eigenvalue weighted by molar-refractivity contribution is -0.114. The predicted molar refractivity (Wildman–Crippen MR) is 161 cm³/mol. The molecule has 1 atom stereocenters. The highest BCUT2D eigenvalue weighted by Crippen LogP contribution is 2.41. The van der Waals surface area contributed by atoms with Crippen LogP contribution in [0.2, 0.25) is 5.02 Å². The number of allylic oxidation sites excluding steroid dienone is 2. The first-order valence-electron chi connectivity index (χ1n) is 12.7. The zero-order valence-electron chi connectivity index (χ0n) is 22.4. The van der Waals surface area contributed by atoms with Gasteiger partial charge in [0.05, 0.1) is 40.5 Å². The molecule has 208 valence electrons. The van der Waals surface area contributed by atoms with Gasteiger partial charge >= 0.3 is 5.97 Å². The monoisotopic (exact) mass is 586 g/mol. The topological polar surface area (TPSA) is 120 Å². The van der Waals surface area contributed by atoms with E-state index in [2.05, 4.69) is 22.0 Å². The number of benzene rings is 3. The summed E-state index contributed by atoms with van der Waals surface area (Å²) in [4.78, 5) is 38.2. The summed E-state index contributed by atoms with van der Waals surface area (Å²) in [5, 5.41) is 20.2. The molecule has 1 aliphatic heterocycles. The average Bonchev–Trinajstić information content (AvgIpc) is 2.97. The lowest BCUT2D eigenvalue weighted by Gasteiger charge is -2.30. The van der Waals surface area contributed by atoms with Gasteiger partial charge in [-0.25, -0.2) is 4.79 Å². The number of halogens is 1. The summed E-state index contributed by atoms with van der Waals surface area (Å²) >= 11 is 7.10. The second kappa shape index (κ2) is 13.7. The van der Waals surface area contributed by atoms with Gasteiger partial charge in [-0.15, -0.1) is 0 Å². The number of thioether (sulfide) groups is 1. The third-order valence-electron chi connectivity index (χ3n) is 6.15. The molecule has 0 spiro atoms. The molecule has 0 unspecified atom stereocenters. The van der Waals surface area contributed by atoms with E-state index in [0.29, 0.717) is 43.8 Å². The van der Waals surface area contributed by atoms with Crippen LogP contribution in [0.4, 0.5) is 11.4 Å². The summed E-state index contributed by atoms with van der Waals surface area (Å²) in [6.07, 6.45) is 0. The molecule has 0 aliphatic carbocycles. The Bertz CT molecular complexity index is 1550. The van der Waals surface area contributed by atoms with Crippen LogP contribution in [0.3, 0.4) is 0 Å². The van der Waals surface area contributed by atoms with Crippen molar-refractivity contribution in [3.63, 3.8) is 0 Å². The Morgan fingerprint density at radius 2 is 1.61 bits per heavy atom. The van der Waals surface area contributed by atoms with Crippen LogP contribution in [0.1, 0.15) is 35.7 Å². The van der Waals surface area contributed by atoms with E-state index in [1.165, 1.54) is 11.8 Å². The molecular weight excluding hydrogens is 560 g/mol. The van der Waals surface area contributed by atoms with Gasteiger partial charge in [-0.2, -0.15) is 5.26 Å². The lowest BCUT2D eigenvalue weighted by Crippen LogP contribution is -2.31. The van der Waals surface area contributed by atoms with E-state index in [-0.39, 0.29) is 18.3 Å². The number of carbonyl (C=O) groups is 3. The Hall–Kier alpha value is -4.52. The van der Waals surface area contributed by atoms with Crippen LogP contribution >= 0.6 is 23.4 Å². The number of hydrogen-bond donors (Lipinski definition) is 3. The average molecular weight is 587 g/mol. The number of esters is 1. The number of hydrogen-bond acceptors (Lipinski definition) is 7. The van der Waals surface area contributed by atoms with Crippen molar-refractivity contribution in [3.8, 4) is 6.07 Å². The first kappa shape index (κ1) is 29.5. The molecule has 0 fully saturated rings. The minimum Gasteiger partial charge on any atom is -0.462 e. The zero-order chi connectivity index (χ0) is 29.4. The number of nitriles is 1. The second-order valence-electron chi connectivity index (χ2n) is 8.96. The van der Waals surface area contributed by atoms with Crippen LogP contribution in [-0.2, 0) is 14.3 Å². The van der Waals surface area contributed by atoms with E-state index in [1.54, 1.807) is 62.4 Å². The van der Waals surface area contributed by atoms with Gasteiger partial charge in [-0.3, -0.25) is 9.59 Å². The summed E-state index contributed by atoms with van der Waals surface area (Å²) in [6, 6.07) is 24.7. The van der Waals surface area contributed by atoms with Crippen molar-refractivity contribution in [2.24, 2.45) is 0 Å². The van der Waals surface area contributed by atoms with Crippen molar-refractivity contribution in [2.75, 3.05) is 23.0 Å². The van der Waals surface area contributed by atoms with Crippen molar-refractivity contribution in [3.05, 3.63) is 117 Å². The van der Waals surface area contributed by atoms with Crippen LogP contribution in [0.25, 0.3) is 0 Å². The molecule has 0 radical (unpaired) electrons. The van der Waals surface area contributed by atoms with Crippen LogP contribution in [-0.4, -0.2) is 30.1 Å². The highest BCUT2D eigenvalue weighted by molar-refractivity contribution is 8.03. The molecule has 1 aliphatic rings. The Morgan fingerprint density at radius 3 is 2.24 bits per heavy atom. The highest BCUT2D eigenvalue weighted by atomic mass is 35.5. The van der Waals surface area contributed by atoms with E-state index in [0.717, 1.165) is 5.56 Å². The normalized spacial score (nSPS) is 14.5. The smallest absolute Gasteiger partial charge is 0.338 e. The zero-order valence-corrected chi connectivity index (χ0v) is 23.9. The summed E-state index contributed by atoms with van der Waals surface area (Å²) < 4.78 is 5.01. The summed E-state index contributed by atoms with van der Waals surface area (Å²) in [6.45, 7) is 3.76. The van der Waals surface area contributed by atoms with Gasteiger partial charge in [0.15, 0.2) is 0 Å². The van der Waals surface area contributed by atoms with E-state index in [1.807, 2.05) is 30.3 Å². The van der Waals surface area contributed by atoms with E-state index in [4.69, 9.17) is 16.3 Å². The third kappa shape index (κ3) is 7.37. The molecule has 3 aromatic carbocycles. The van der Waals surface area contributed by atoms with Crippen molar-refractivity contribution < 1.29 is 19.1 Å². The molecule has 8 nitrogen and oxygen atoms in total. The molecule has 4 rings (SSSR count). The summed E-state index contributed by atoms with van der Waals surface area (Å²) in [7, 11) is 0. The van der Waals surface area contributed by atoms with Crippen molar-refractivity contribution in [2.45, 2.75) is 19.8 Å². The van der Waals surface area contributed by atoms with Crippen molar-refractivity contribution in [1.82, 2.24) is 5.32 Å². The number of ether oxygens (including phenoxy) is 1. The van der Waals surface area contributed by atoms with Crippen LogP contribution in [0, 0.1) is 11.3 Å². The molecule has 0 bridgehead atoms. The highest BCUT2D eigenvalue weighted by Gasteiger charge is 2.34. The van der Waals surface area contributed by atoms with Crippen LogP contribution in [0.5, 0.6) is 0 Å². The molecule has 3 aromatic rings. The number of nitrogens with zero attached hydrogens (tertiary/aromatic N) is 1. The standard InChI is InChI=1S/C31H27ClN4O4S/c1-3-40-31(39)21-9-13-24(14-10-21)36-29(38)27-19(2)34-30(25(17-33)28(27)20-7-5-4-6-8-20)41-18-26(37)35-23-15-11-22(32)12-16-23/h4-16,28,34H,3,18H2,1-2H3,(H,35,37)(H,36,38)/t28-/m1/s1. The van der Waals surface area contributed by atoms with E-state index < -0.39 is 17.8 Å². The minimum atomic E-state index is -0.664. The van der Waals surface area contributed by atoms with Gasteiger partial charge in [0, 0.05) is 27.7 Å². The predicted octanol–water partition coefficient (Wildman–Crippen LogP) is 6.22.